The molecule has 5 aromatic rings. The van der Waals surface area contributed by atoms with Crippen LogP contribution in [-0.2, 0) is 45.1 Å². The summed E-state index contributed by atoms with van der Waals surface area (Å²) in [6.45, 7) is 1.60. The number of carbonyl (C=O) groups excluding carboxylic acids is 4. The lowest BCUT2D eigenvalue weighted by Crippen LogP contribution is -2.37. The van der Waals surface area contributed by atoms with Crippen LogP contribution >= 0.6 is 12.6 Å². The smallest absolute Gasteiger partial charge is 0.261 e. The highest BCUT2D eigenvalue weighted by molar-refractivity contribution is 7.80. The van der Waals surface area contributed by atoms with Gasteiger partial charge in [0.05, 0.1) is 75.0 Å². The van der Waals surface area contributed by atoms with Crippen LogP contribution in [-0.4, -0.2) is 108 Å². The van der Waals surface area contributed by atoms with Crippen LogP contribution in [0, 0.1) is 0 Å². The second-order valence-corrected chi connectivity index (χ2v) is 17.9. The molecule has 4 aliphatic rings. The summed E-state index contributed by atoms with van der Waals surface area (Å²) >= 11 is 4.21. The first-order valence-electron chi connectivity index (χ1n) is 23.7. The standard InChI is InChI=1S/C54H56N6O10S/c1-65-18-19-68-17-14-52(62)58(16-8-13-51(61)55-15-20-71)38-22-34(32-69-49-28-43-41(26-47(49)66-2)53(63)59-39(30-56-43)24-36-9-4-6-11-45(36)59)21-35(23-38)33-70-50-29-44-42(27-48(50)67-3)54(64)60-40(31-57-44)25-37-10-5-7-12-46(37)60/h4-7,9-12,21-23,26-31,39-40,71H,8,13-20,24-25,32-33H2,1-3H3,(H,55,61)/t39-,40-/m0/s1. The van der Waals surface area contributed by atoms with Gasteiger partial charge in [-0.1, -0.05) is 36.4 Å². The molecular formula is C54H56N6O10S. The molecule has 5 aromatic carbocycles. The summed E-state index contributed by atoms with van der Waals surface area (Å²) in [6, 6.07) is 27.7. The van der Waals surface area contributed by atoms with Gasteiger partial charge in [-0.05, 0) is 71.1 Å². The molecule has 0 fully saturated rings. The number of amides is 4. The number of rotatable bonds is 21. The van der Waals surface area contributed by atoms with Crippen molar-refractivity contribution in [2.24, 2.45) is 9.98 Å². The molecule has 2 atom stereocenters. The molecule has 17 heteroatoms. The molecule has 368 valence electrons. The number of aliphatic imine (C=N–C) groups is 2. The van der Waals surface area contributed by atoms with Gasteiger partial charge in [-0.25, -0.2) is 0 Å². The molecule has 0 saturated carbocycles. The van der Waals surface area contributed by atoms with Crippen molar-refractivity contribution in [1.29, 1.82) is 0 Å². The van der Waals surface area contributed by atoms with Gasteiger partial charge in [-0.3, -0.25) is 39.0 Å². The van der Waals surface area contributed by atoms with E-state index in [9.17, 15) is 19.2 Å². The number of thiol groups is 1. The van der Waals surface area contributed by atoms with Gasteiger partial charge in [0.2, 0.25) is 11.8 Å². The first-order valence-corrected chi connectivity index (χ1v) is 24.3. The molecule has 71 heavy (non-hydrogen) atoms. The van der Waals surface area contributed by atoms with Crippen LogP contribution in [0.3, 0.4) is 0 Å². The van der Waals surface area contributed by atoms with Crippen LogP contribution in [0.1, 0.15) is 62.2 Å². The van der Waals surface area contributed by atoms with Crippen LogP contribution < -0.4 is 39.0 Å². The summed E-state index contributed by atoms with van der Waals surface area (Å²) in [7, 11) is 4.62. The molecule has 0 spiro atoms. The third-order valence-electron chi connectivity index (χ3n) is 12.8. The Bertz CT molecular complexity index is 2730. The average Bonchev–Trinajstić information content (AvgIpc) is 3.88. The second kappa shape index (κ2) is 22.3. The Balaban J connectivity index is 1.02. The monoisotopic (exact) mass is 980 g/mol. The lowest BCUT2D eigenvalue weighted by Gasteiger charge is -2.25. The number of methoxy groups -OCH3 is 3. The number of hydrogen-bond donors (Lipinski definition) is 2. The Morgan fingerprint density at radius 2 is 1.24 bits per heavy atom. The number of carbonyl (C=O) groups is 4. The maximum atomic E-state index is 14.2. The molecule has 4 aliphatic heterocycles. The minimum Gasteiger partial charge on any atom is -0.493 e. The van der Waals surface area contributed by atoms with Crippen LogP contribution in [0.2, 0.25) is 0 Å². The van der Waals surface area contributed by atoms with Crippen molar-refractivity contribution in [3.8, 4) is 23.0 Å². The molecule has 0 bridgehead atoms. The summed E-state index contributed by atoms with van der Waals surface area (Å²) in [5.74, 6) is 1.22. The van der Waals surface area contributed by atoms with E-state index < -0.39 is 0 Å². The summed E-state index contributed by atoms with van der Waals surface area (Å²) in [5.41, 5.74) is 7.49. The number of nitrogens with one attached hydrogen (secondary N) is 1. The van der Waals surface area contributed by atoms with Crippen molar-refractivity contribution in [2.75, 3.05) is 74.7 Å². The highest BCUT2D eigenvalue weighted by atomic mass is 32.1. The predicted octanol–water partition coefficient (Wildman–Crippen LogP) is 7.65. The zero-order chi connectivity index (χ0) is 49.4. The van der Waals surface area contributed by atoms with Gasteiger partial charge in [0.15, 0.2) is 23.0 Å². The fraction of sp³-hybridized carbons (Fsp3) is 0.333. The molecular weight excluding hydrogens is 925 g/mol. The fourth-order valence-corrected chi connectivity index (χ4v) is 9.50. The topological polar surface area (TPSA) is 170 Å². The summed E-state index contributed by atoms with van der Waals surface area (Å²) < 4.78 is 35.5. The molecule has 0 saturated heterocycles. The van der Waals surface area contributed by atoms with E-state index >= 15 is 0 Å². The lowest BCUT2D eigenvalue weighted by atomic mass is 10.1. The second-order valence-electron chi connectivity index (χ2n) is 17.4. The average molecular weight is 981 g/mol. The van der Waals surface area contributed by atoms with E-state index in [0.29, 0.717) is 107 Å². The van der Waals surface area contributed by atoms with Crippen molar-refractivity contribution in [1.82, 2.24) is 5.32 Å². The molecule has 0 radical (unpaired) electrons. The van der Waals surface area contributed by atoms with E-state index in [0.717, 1.165) is 22.5 Å². The molecule has 4 heterocycles. The number of para-hydroxylation sites is 2. The lowest BCUT2D eigenvalue weighted by molar-refractivity contribution is -0.122. The molecule has 16 nitrogen and oxygen atoms in total. The minimum absolute atomic E-state index is 0.0177. The fourth-order valence-electron chi connectivity index (χ4n) is 9.38. The van der Waals surface area contributed by atoms with E-state index in [4.69, 9.17) is 38.4 Å². The van der Waals surface area contributed by atoms with E-state index in [1.54, 1.807) is 58.5 Å². The summed E-state index contributed by atoms with van der Waals surface area (Å²) in [4.78, 5) is 69.8. The Hall–Kier alpha value is -7.21. The van der Waals surface area contributed by atoms with Crippen LogP contribution in [0.25, 0.3) is 0 Å². The van der Waals surface area contributed by atoms with E-state index in [1.165, 1.54) is 14.2 Å². The van der Waals surface area contributed by atoms with Crippen molar-refractivity contribution >= 4 is 77.1 Å². The number of ether oxygens (including phenoxy) is 6. The number of fused-ring (bicyclic) bond motifs is 8. The Kier molecular flexibility index (Phi) is 15.3. The molecule has 0 aromatic heterocycles. The minimum atomic E-state index is -0.229. The van der Waals surface area contributed by atoms with Gasteiger partial charge >= 0.3 is 0 Å². The van der Waals surface area contributed by atoms with E-state index in [-0.39, 0.29) is 74.9 Å². The van der Waals surface area contributed by atoms with Gasteiger partial charge in [0, 0.05) is 86.8 Å². The number of nitrogens with zero attached hydrogens (tertiary/aromatic N) is 5. The van der Waals surface area contributed by atoms with Crippen LogP contribution in [0.15, 0.2) is 101 Å². The van der Waals surface area contributed by atoms with Gasteiger partial charge < -0.3 is 38.6 Å². The highest BCUT2D eigenvalue weighted by Crippen LogP contribution is 2.43. The van der Waals surface area contributed by atoms with Crippen LogP contribution in [0.5, 0.6) is 23.0 Å². The largest absolute Gasteiger partial charge is 0.493 e. The Morgan fingerprint density at radius 3 is 1.76 bits per heavy atom. The van der Waals surface area contributed by atoms with Gasteiger partial charge in [0.1, 0.15) is 13.2 Å². The molecule has 1 N–H and O–H groups in total. The summed E-state index contributed by atoms with van der Waals surface area (Å²) in [6.07, 6.45) is 5.58. The third kappa shape index (κ3) is 10.6. The van der Waals surface area contributed by atoms with Gasteiger partial charge in [-0.2, -0.15) is 12.6 Å². The molecule has 4 amide bonds. The third-order valence-corrected chi connectivity index (χ3v) is 13.0. The van der Waals surface area contributed by atoms with Gasteiger partial charge in [0.25, 0.3) is 11.8 Å². The molecule has 9 rings (SSSR count). The zero-order valence-electron chi connectivity index (χ0n) is 39.9. The molecule has 0 aliphatic carbocycles. The van der Waals surface area contributed by atoms with E-state index in [1.807, 2.05) is 66.7 Å². The van der Waals surface area contributed by atoms with Crippen molar-refractivity contribution in [2.45, 2.75) is 57.4 Å². The Morgan fingerprint density at radius 1 is 0.690 bits per heavy atom. The van der Waals surface area contributed by atoms with E-state index in [2.05, 4.69) is 17.9 Å². The van der Waals surface area contributed by atoms with Gasteiger partial charge in [-0.15, -0.1) is 0 Å². The first kappa shape index (κ1) is 48.8. The quantitative estimate of drug-likeness (QED) is 0.0550. The normalized spacial score (nSPS) is 15.9. The number of benzene rings is 5. The zero-order valence-corrected chi connectivity index (χ0v) is 40.8. The first-order chi connectivity index (χ1) is 34.7. The molecule has 0 unspecified atom stereocenters. The SMILES string of the molecule is COCCOCCC(=O)N(CCCC(=O)NCCS)c1cc(COc2cc3c(cc2OC)C(=O)N2c4ccccc4C[C@H]2C=N3)cc(COc2cc3c(cc2OC)C(=O)N2c4ccccc4C[C@H]2C=N3)c1. The maximum absolute atomic E-state index is 14.2. The van der Waals surface area contributed by atoms with Crippen molar-refractivity contribution in [3.63, 3.8) is 0 Å². The van der Waals surface area contributed by atoms with Crippen molar-refractivity contribution in [3.05, 3.63) is 124 Å². The maximum Gasteiger partial charge on any atom is 0.261 e. The summed E-state index contributed by atoms with van der Waals surface area (Å²) in [5, 5.41) is 2.84. The highest BCUT2D eigenvalue weighted by Gasteiger charge is 2.38. The Labute approximate surface area is 417 Å². The van der Waals surface area contributed by atoms with Crippen molar-refractivity contribution < 1.29 is 47.6 Å². The number of anilines is 3. The predicted molar refractivity (Wildman–Crippen MR) is 275 cm³/mol. The number of hydrogen-bond acceptors (Lipinski definition) is 13. The van der Waals surface area contributed by atoms with Crippen LogP contribution in [0.4, 0.5) is 28.4 Å².